The number of benzene rings is 3. The second-order valence-electron chi connectivity index (χ2n) is 8.05. The number of aryl methyl sites for hydroxylation is 1. The van der Waals surface area contributed by atoms with Crippen molar-refractivity contribution in [1.29, 1.82) is 0 Å². The van der Waals surface area contributed by atoms with E-state index in [4.69, 9.17) is 14.6 Å². The summed E-state index contributed by atoms with van der Waals surface area (Å²) in [5.41, 5.74) is 5.22. The van der Waals surface area contributed by atoms with Crippen molar-refractivity contribution >= 4 is 38.7 Å². The first kappa shape index (κ1) is 23.3. The molecule has 0 aliphatic carbocycles. The van der Waals surface area contributed by atoms with Crippen molar-refractivity contribution in [1.82, 2.24) is 14.8 Å². The molecule has 7 nitrogen and oxygen atoms in total. The van der Waals surface area contributed by atoms with Crippen LogP contribution in [-0.2, 0) is 4.79 Å². The lowest BCUT2D eigenvalue weighted by Gasteiger charge is -2.09. The highest BCUT2D eigenvalue weighted by Gasteiger charge is 2.14. The Morgan fingerprint density at radius 2 is 1.81 bits per heavy atom. The smallest absolute Gasteiger partial charge is 0.250 e. The summed E-state index contributed by atoms with van der Waals surface area (Å²) in [5, 5.41) is 8.25. The lowest BCUT2D eigenvalue weighted by molar-refractivity contribution is -0.111. The van der Waals surface area contributed by atoms with Gasteiger partial charge in [-0.3, -0.25) is 10.1 Å². The van der Waals surface area contributed by atoms with Crippen LogP contribution in [0, 0.1) is 6.92 Å². The van der Waals surface area contributed by atoms with Gasteiger partial charge in [-0.25, -0.2) is 9.67 Å². The number of ether oxygens (including phenoxy) is 2. The van der Waals surface area contributed by atoms with Crippen LogP contribution in [0.3, 0.4) is 0 Å². The number of amides is 1. The predicted octanol–water partition coefficient (Wildman–Crippen LogP) is 6.13. The van der Waals surface area contributed by atoms with Gasteiger partial charge >= 0.3 is 0 Å². The number of nitrogens with one attached hydrogen (secondary N) is 1. The Kier molecular flexibility index (Phi) is 6.51. The number of fused-ring (bicyclic) bond motifs is 1. The highest BCUT2D eigenvalue weighted by Crippen LogP contribution is 2.34. The highest BCUT2D eigenvalue weighted by molar-refractivity contribution is 7.22. The third-order valence-corrected chi connectivity index (χ3v) is 6.62. The number of hydrogen-bond donors (Lipinski definition) is 1. The molecule has 3 aromatic carbocycles. The summed E-state index contributed by atoms with van der Waals surface area (Å²) in [6.07, 6.45) is 5.15. The first-order valence-electron chi connectivity index (χ1n) is 11.3. The van der Waals surface area contributed by atoms with Crippen LogP contribution in [0.15, 0.2) is 79.0 Å². The molecule has 0 atom stereocenters. The van der Waals surface area contributed by atoms with Gasteiger partial charge in [0.05, 0.1) is 30.1 Å². The van der Waals surface area contributed by atoms with E-state index in [1.54, 1.807) is 25.0 Å². The van der Waals surface area contributed by atoms with Crippen molar-refractivity contribution in [3.05, 3.63) is 90.1 Å². The van der Waals surface area contributed by atoms with E-state index in [2.05, 4.69) is 10.3 Å². The number of thiazole rings is 1. The van der Waals surface area contributed by atoms with E-state index in [-0.39, 0.29) is 5.91 Å². The van der Waals surface area contributed by atoms with Crippen LogP contribution in [0.5, 0.6) is 11.5 Å². The van der Waals surface area contributed by atoms with E-state index >= 15 is 0 Å². The fourth-order valence-electron chi connectivity index (χ4n) is 3.88. The third-order valence-electron chi connectivity index (χ3n) is 5.69. The summed E-state index contributed by atoms with van der Waals surface area (Å²) in [6.45, 7) is 2.01. The van der Waals surface area contributed by atoms with Crippen molar-refractivity contribution in [3.63, 3.8) is 0 Å². The third kappa shape index (κ3) is 4.71. The Bertz CT molecular complexity index is 1570. The molecule has 0 spiro atoms. The number of anilines is 1. The fraction of sp³-hybridized carbons (Fsp3) is 0.107. The van der Waals surface area contributed by atoms with E-state index in [9.17, 15) is 4.79 Å². The number of carbonyl (C=O) groups is 1. The summed E-state index contributed by atoms with van der Waals surface area (Å²) in [6, 6.07) is 21.4. The largest absolute Gasteiger partial charge is 0.493 e. The van der Waals surface area contributed by atoms with Crippen molar-refractivity contribution in [2.45, 2.75) is 6.92 Å². The molecule has 0 saturated heterocycles. The van der Waals surface area contributed by atoms with E-state index in [0.717, 1.165) is 32.6 Å². The van der Waals surface area contributed by atoms with E-state index in [1.165, 1.54) is 17.4 Å². The number of methoxy groups -OCH3 is 2. The molecular weight excluding hydrogens is 472 g/mol. The van der Waals surface area contributed by atoms with Gasteiger partial charge in [-0.2, -0.15) is 5.10 Å². The van der Waals surface area contributed by atoms with Gasteiger partial charge in [0.1, 0.15) is 5.69 Å². The van der Waals surface area contributed by atoms with Gasteiger partial charge in [-0.1, -0.05) is 41.7 Å². The number of aromatic nitrogens is 3. The number of nitrogens with zero attached hydrogens (tertiary/aromatic N) is 3. The summed E-state index contributed by atoms with van der Waals surface area (Å²) >= 11 is 1.45. The minimum atomic E-state index is -0.266. The number of rotatable bonds is 7. The standard InChI is InChI=1S/C28H24N4O3S/c1-18-8-7-11-24-26(18)30-28(36-24)29-25(33)15-13-20-17-32(21-9-5-4-6-10-21)31-27(20)19-12-14-22(34-2)23(16-19)35-3/h4-17H,1-3H3,(H,29,30,33)/b15-13+. The first-order chi connectivity index (χ1) is 17.6. The Balaban J connectivity index is 1.47. The molecule has 0 fully saturated rings. The lowest BCUT2D eigenvalue weighted by Crippen LogP contribution is -2.07. The summed E-state index contributed by atoms with van der Waals surface area (Å²) in [4.78, 5) is 17.3. The number of hydrogen-bond acceptors (Lipinski definition) is 6. The van der Waals surface area contributed by atoms with Crippen molar-refractivity contribution in [3.8, 4) is 28.4 Å². The van der Waals surface area contributed by atoms with Gasteiger partial charge in [0.15, 0.2) is 16.6 Å². The lowest BCUT2D eigenvalue weighted by atomic mass is 10.1. The van der Waals surface area contributed by atoms with Gasteiger partial charge < -0.3 is 9.47 Å². The molecule has 0 aliphatic heterocycles. The first-order valence-corrected chi connectivity index (χ1v) is 12.1. The minimum Gasteiger partial charge on any atom is -0.493 e. The molecule has 0 unspecified atom stereocenters. The molecule has 1 N–H and O–H groups in total. The number of carbonyl (C=O) groups excluding carboxylic acids is 1. The molecule has 1 amide bonds. The molecule has 2 heterocycles. The van der Waals surface area contributed by atoms with E-state index in [1.807, 2.05) is 79.9 Å². The van der Waals surface area contributed by atoms with Gasteiger partial charge in [-0.05, 0) is 55.0 Å². The monoisotopic (exact) mass is 496 g/mol. The number of para-hydroxylation sites is 2. The van der Waals surface area contributed by atoms with Crippen LogP contribution >= 0.6 is 11.3 Å². The molecule has 180 valence electrons. The Labute approximate surface area is 212 Å². The van der Waals surface area contributed by atoms with Crippen molar-refractivity contribution in [2.24, 2.45) is 0 Å². The topological polar surface area (TPSA) is 78.3 Å². The van der Waals surface area contributed by atoms with Gasteiger partial charge in [-0.15, -0.1) is 0 Å². The highest BCUT2D eigenvalue weighted by atomic mass is 32.1. The SMILES string of the molecule is COc1ccc(-c2nn(-c3ccccc3)cc2/C=C/C(=O)Nc2nc3c(C)cccc3s2)cc1OC. The maximum atomic E-state index is 12.8. The van der Waals surface area contributed by atoms with Gasteiger partial charge in [0.2, 0.25) is 5.91 Å². The van der Waals surface area contributed by atoms with Gasteiger partial charge in [0, 0.05) is 23.4 Å². The Morgan fingerprint density at radius 3 is 2.56 bits per heavy atom. The summed E-state index contributed by atoms with van der Waals surface area (Å²) < 4.78 is 13.7. The quantitative estimate of drug-likeness (QED) is 0.274. The molecule has 0 radical (unpaired) electrons. The molecule has 0 aliphatic rings. The molecule has 36 heavy (non-hydrogen) atoms. The predicted molar refractivity (Wildman–Crippen MR) is 144 cm³/mol. The zero-order chi connectivity index (χ0) is 25.1. The molecule has 5 aromatic rings. The molecule has 8 heteroatoms. The molecule has 5 rings (SSSR count). The van der Waals surface area contributed by atoms with Gasteiger partial charge in [0.25, 0.3) is 0 Å². The average Bonchev–Trinajstić information content (AvgIpc) is 3.52. The minimum absolute atomic E-state index is 0.266. The maximum Gasteiger partial charge on any atom is 0.250 e. The fourth-order valence-corrected chi connectivity index (χ4v) is 4.83. The second kappa shape index (κ2) is 10.1. The molecule has 2 aromatic heterocycles. The van der Waals surface area contributed by atoms with E-state index in [0.29, 0.717) is 22.3 Å². The Morgan fingerprint density at radius 1 is 1.00 bits per heavy atom. The van der Waals surface area contributed by atoms with Crippen molar-refractivity contribution in [2.75, 3.05) is 19.5 Å². The maximum absolute atomic E-state index is 12.8. The van der Waals surface area contributed by atoms with Crippen LogP contribution in [0.2, 0.25) is 0 Å². The molecular formula is C28H24N4O3S. The molecule has 0 saturated carbocycles. The van der Waals surface area contributed by atoms with Crippen LogP contribution in [0.25, 0.3) is 33.2 Å². The van der Waals surface area contributed by atoms with Crippen LogP contribution in [-0.4, -0.2) is 34.9 Å². The van der Waals surface area contributed by atoms with Crippen LogP contribution < -0.4 is 14.8 Å². The summed E-state index contributed by atoms with van der Waals surface area (Å²) in [7, 11) is 3.19. The summed E-state index contributed by atoms with van der Waals surface area (Å²) in [5.74, 6) is 0.965. The molecule has 0 bridgehead atoms. The van der Waals surface area contributed by atoms with Crippen LogP contribution in [0.1, 0.15) is 11.1 Å². The van der Waals surface area contributed by atoms with Crippen LogP contribution in [0.4, 0.5) is 5.13 Å². The van der Waals surface area contributed by atoms with E-state index < -0.39 is 0 Å². The second-order valence-corrected chi connectivity index (χ2v) is 9.08. The Hall–Kier alpha value is -4.43. The average molecular weight is 497 g/mol. The normalized spacial score (nSPS) is 11.2. The van der Waals surface area contributed by atoms with Crippen molar-refractivity contribution < 1.29 is 14.3 Å². The zero-order valence-corrected chi connectivity index (χ0v) is 20.9. The zero-order valence-electron chi connectivity index (χ0n) is 20.1.